The number of hydrogen-bond donors (Lipinski definition) is 1. The second-order valence-corrected chi connectivity index (χ2v) is 4.96. The molecule has 0 spiro atoms. The van der Waals surface area contributed by atoms with Gasteiger partial charge in [0.25, 0.3) is 5.91 Å². The van der Waals surface area contributed by atoms with Crippen molar-refractivity contribution in [1.82, 2.24) is 0 Å². The van der Waals surface area contributed by atoms with Crippen molar-refractivity contribution in [3.8, 4) is 0 Å². The molecule has 0 aliphatic heterocycles. The number of rotatable bonds is 4. The Hall–Kier alpha value is -2.89. The standard InChI is InChI=1S/C17H17NO5/c1-4-22-16(20)13-9-14(17(21)23-11(13)3)18-15(19)12-7-5-6-10(2)8-12/h5-9H,4H2,1-3H3,(H,18,19). The van der Waals surface area contributed by atoms with Crippen LogP contribution in [0.4, 0.5) is 5.69 Å². The third-order valence-corrected chi connectivity index (χ3v) is 3.16. The molecule has 0 saturated carbocycles. The first-order valence-electron chi connectivity index (χ1n) is 7.12. The van der Waals surface area contributed by atoms with E-state index in [9.17, 15) is 14.4 Å². The molecule has 0 saturated heterocycles. The van der Waals surface area contributed by atoms with E-state index in [0.29, 0.717) is 5.56 Å². The van der Waals surface area contributed by atoms with Crippen molar-refractivity contribution in [2.45, 2.75) is 20.8 Å². The van der Waals surface area contributed by atoms with Crippen molar-refractivity contribution >= 4 is 17.6 Å². The van der Waals surface area contributed by atoms with Crippen LogP contribution in [0.5, 0.6) is 0 Å². The summed E-state index contributed by atoms with van der Waals surface area (Å²) >= 11 is 0. The van der Waals surface area contributed by atoms with Crippen molar-refractivity contribution in [2.24, 2.45) is 0 Å². The highest BCUT2D eigenvalue weighted by Gasteiger charge is 2.17. The molecule has 2 aromatic rings. The van der Waals surface area contributed by atoms with Crippen LogP contribution in [-0.2, 0) is 4.74 Å². The highest BCUT2D eigenvalue weighted by Crippen LogP contribution is 2.14. The number of esters is 1. The molecule has 0 bridgehead atoms. The van der Waals surface area contributed by atoms with Crippen molar-refractivity contribution in [1.29, 1.82) is 0 Å². The third kappa shape index (κ3) is 3.85. The summed E-state index contributed by atoms with van der Waals surface area (Å²) in [7, 11) is 0. The molecule has 1 heterocycles. The molecule has 0 fully saturated rings. The van der Waals surface area contributed by atoms with Crippen LogP contribution < -0.4 is 10.9 Å². The van der Waals surface area contributed by atoms with Gasteiger partial charge in [-0.05, 0) is 39.0 Å². The highest BCUT2D eigenvalue weighted by atomic mass is 16.5. The van der Waals surface area contributed by atoms with E-state index >= 15 is 0 Å². The van der Waals surface area contributed by atoms with Crippen molar-refractivity contribution in [3.63, 3.8) is 0 Å². The summed E-state index contributed by atoms with van der Waals surface area (Å²) in [4.78, 5) is 35.9. The fourth-order valence-corrected chi connectivity index (χ4v) is 2.03. The lowest BCUT2D eigenvalue weighted by Crippen LogP contribution is -2.20. The summed E-state index contributed by atoms with van der Waals surface area (Å²) in [6.45, 7) is 5.21. The van der Waals surface area contributed by atoms with Crippen LogP contribution in [0.2, 0.25) is 0 Å². The van der Waals surface area contributed by atoms with Gasteiger partial charge in [0.2, 0.25) is 0 Å². The Bertz CT molecular complexity index is 807. The molecule has 0 unspecified atom stereocenters. The summed E-state index contributed by atoms with van der Waals surface area (Å²) in [6.07, 6.45) is 0. The van der Waals surface area contributed by atoms with Gasteiger partial charge in [0.1, 0.15) is 17.0 Å². The zero-order chi connectivity index (χ0) is 17.0. The Morgan fingerprint density at radius 1 is 1.22 bits per heavy atom. The summed E-state index contributed by atoms with van der Waals surface area (Å²) in [5, 5.41) is 2.47. The Morgan fingerprint density at radius 2 is 1.96 bits per heavy atom. The van der Waals surface area contributed by atoms with E-state index in [1.54, 1.807) is 25.1 Å². The Balaban J connectivity index is 2.32. The van der Waals surface area contributed by atoms with E-state index in [-0.39, 0.29) is 23.6 Å². The lowest BCUT2D eigenvalue weighted by Gasteiger charge is -2.08. The van der Waals surface area contributed by atoms with Crippen LogP contribution in [0, 0.1) is 13.8 Å². The molecule has 1 N–H and O–H groups in total. The minimum Gasteiger partial charge on any atom is -0.462 e. The molecule has 6 nitrogen and oxygen atoms in total. The number of hydrogen-bond acceptors (Lipinski definition) is 5. The monoisotopic (exact) mass is 315 g/mol. The Labute approximate surface area is 133 Å². The molecule has 6 heteroatoms. The van der Waals surface area contributed by atoms with Crippen LogP contribution in [-0.4, -0.2) is 18.5 Å². The molecule has 0 aliphatic rings. The van der Waals surface area contributed by atoms with E-state index in [0.717, 1.165) is 5.56 Å². The first-order chi connectivity index (χ1) is 10.9. The number of carbonyl (C=O) groups is 2. The van der Waals surface area contributed by atoms with Crippen molar-refractivity contribution < 1.29 is 18.7 Å². The number of aryl methyl sites for hydroxylation is 2. The van der Waals surface area contributed by atoms with Crippen LogP contribution in [0.25, 0.3) is 0 Å². The van der Waals surface area contributed by atoms with E-state index in [2.05, 4.69) is 5.32 Å². The third-order valence-electron chi connectivity index (χ3n) is 3.16. The van der Waals surface area contributed by atoms with E-state index in [1.807, 2.05) is 13.0 Å². The molecular formula is C17H17NO5. The van der Waals surface area contributed by atoms with Gasteiger partial charge in [-0.2, -0.15) is 0 Å². The van der Waals surface area contributed by atoms with E-state index in [1.165, 1.54) is 13.0 Å². The normalized spacial score (nSPS) is 10.2. The quantitative estimate of drug-likeness (QED) is 0.877. The van der Waals surface area contributed by atoms with Gasteiger partial charge in [-0.3, -0.25) is 4.79 Å². The number of anilines is 1. The number of nitrogens with one attached hydrogen (secondary N) is 1. The van der Waals surface area contributed by atoms with Crippen molar-refractivity contribution in [2.75, 3.05) is 11.9 Å². The average molecular weight is 315 g/mol. The number of benzene rings is 1. The second-order valence-electron chi connectivity index (χ2n) is 4.96. The average Bonchev–Trinajstić information content (AvgIpc) is 2.50. The summed E-state index contributed by atoms with van der Waals surface area (Å²) in [5.41, 5.74) is 0.594. The second kappa shape index (κ2) is 6.91. The van der Waals surface area contributed by atoms with Crippen LogP contribution in [0.3, 0.4) is 0 Å². The SMILES string of the molecule is CCOC(=O)c1cc(NC(=O)c2cccc(C)c2)c(=O)oc1C. The maximum absolute atomic E-state index is 12.2. The van der Waals surface area contributed by atoms with Gasteiger partial charge in [-0.1, -0.05) is 17.7 Å². The molecule has 120 valence electrons. The largest absolute Gasteiger partial charge is 0.462 e. The van der Waals surface area contributed by atoms with Gasteiger partial charge < -0.3 is 14.5 Å². The molecule has 2 rings (SSSR count). The Morgan fingerprint density at radius 3 is 2.61 bits per heavy atom. The maximum Gasteiger partial charge on any atom is 0.359 e. The summed E-state index contributed by atoms with van der Waals surface area (Å²) < 4.78 is 9.89. The molecule has 0 atom stereocenters. The molecule has 1 aromatic carbocycles. The van der Waals surface area contributed by atoms with E-state index in [4.69, 9.17) is 9.15 Å². The molecule has 1 aromatic heterocycles. The van der Waals surface area contributed by atoms with Crippen LogP contribution >= 0.6 is 0 Å². The zero-order valence-electron chi connectivity index (χ0n) is 13.1. The Kier molecular flexibility index (Phi) is 4.95. The van der Waals surface area contributed by atoms with Crippen LogP contribution in [0.15, 0.2) is 39.5 Å². The summed E-state index contributed by atoms with van der Waals surface area (Å²) in [5.74, 6) is -0.929. The van der Waals surface area contributed by atoms with Gasteiger partial charge in [0, 0.05) is 5.56 Å². The number of carbonyl (C=O) groups excluding carboxylic acids is 2. The van der Waals surface area contributed by atoms with Gasteiger partial charge >= 0.3 is 11.6 Å². The molecule has 0 aliphatic carbocycles. The highest BCUT2D eigenvalue weighted by molar-refractivity contribution is 6.04. The lowest BCUT2D eigenvalue weighted by molar-refractivity contribution is 0.0521. The first-order valence-corrected chi connectivity index (χ1v) is 7.12. The van der Waals surface area contributed by atoms with Crippen LogP contribution in [0.1, 0.15) is 39.0 Å². The molecule has 1 amide bonds. The topological polar surface area (TPSA) is 85.6 Å². The minimum absolute atomic E-state index is 0.103. The molecular weight excluding hydrogens is 298 g/mol. The fraction of sp³-hybridized carbons (Fsp3) is 0.235. The predicted molar refractivity (Wildman–Crippen MR) is 84.8 cm³/mol. The maximum atomic E-state index is 12.2. The predicted octanol–water partition coefficient (Wildman–Crippen LogP) is 2.69. The van der Waals surface area contributed by atoms with Gasteiger partial charge in [0.05, 0.1) is 6.61 Å². The summed E-state index contributed by atoms with van der Waals surface area (Å²) in [6, 6.07) is 8.19. The smallest absolute Gasteiger partial charge is 0.359 e. The molecule has 23 heavy (non-hydrogen) atoms. The van der Waals surface area contributed by atoms with Gasteiger partial charge in [-0.15, -0.1) is 0 Å². The number of amides is 1. The first kappa shape index (κ1) is 16.5. The van der Waals surface area contributed by atoms with Crippen molar-refractivity contribution in [3.05, 3.63) is 63.2 Å². The zero-order valence-corrected chi connectivity index (χ0v) is 13.1. The minimum atomic E-state index is -0.725. The lowest BCUT2D eigenvalue weighted by atomic mass is 10.1. The van der Waals surface area contributed by atoms with Gasteiger partial charge in [-0.25, -0.2) is 9.59 Å². The number of ether oxygens (including phenoxy) is 1. The molecule has 0 radical (unpaired) electrons. The van der Waals surface area contributed by atoms with Gasteiger partial charge in [0.15, 0.2) is 0 Å². The fourth-order valence-electron chi connectivity index (χ4n) is 2.03. The van der Waals surface area contributed by atoms with E-state index < -0.39 is 17.5 Å².